The van der Waals surface area contributed by atoms with E-state index in [1.165, 1.54) is 17.8 Å². The maximum Gasteiger partial charge on any atom is 0.228 e. The van der Waals surface area contributed by atoms with Gasteiger partial charge in [0.1, 0.15) is 0 Å². The minimum absolute atomic E-state index is 0.0610. The van der Waals surface area contributed by atoms with E-state index < -0.39 is 0 Å². The summed E-state index contributed by atoms with van der Waals surface area (Å²) in [6.45, 7) is 2.45. The minimum Gasteiger partial charge on any atom is -0.349 e. The third-order valence-electron chi connectivity index (χ3n) is 4.00. The molecule has 0 aliphatic heterocycles. The molecule has 1 aliphatic rings. The highest BCUT2D eigenvalue weighted by Crippen LogP contribution is 2.31. The molecule has 5 heteroatoms. The van der Waals surface area contributed by atoms with Crippen molar-refractivity contribution in [3.05, 3.63) is 21.3 Å². The summed E-state index contributed by atoms with van der Waals surface area (Å²) in [5.41, 5.74) is 5.71. The fourth-order valence-electron chi connectivity index (χ4n) is 2.67. The molecule has 0 spiro atoms. The number of nitrogens with two attached hydrogens (primary N) is 1. The summed E-state index contributed by atoms with van der Waals surface area (Å²) < 4.78 is 0.723. The number of rotatable bonds is 4. The van der Waals surface area contributed by atoms with Gasteiger partial charge in [-0.3, -0.25) is 4.79 Å². The van der Waals surface area contributed by atoms with Crippen LogP contribution in [0.3, 0.4) is 0 Å². The summed E-state index contributed by atoms with van der Waals surface area (Å²) in [6.07, 6.45) is 5.53. The molecule has 106 valence electrons. The second-order valence-electron chi connectivity index (χ2n) is 5.40. The van der Waals surface area contributed by atoms with Gasteiger partial charge in [0.05, 0.1) is 15.8 Å². The normalized spacial score (nSPS) is 19.9. The van der Waals surface area contributed by atoms with Crippen LogP contribution in [-0.2, 0) is 4.79 Å². The van der Waals surface area contributed by atoms with Gasteiger partial charge in [-0.1, -0.05) is 30.9 Å². The van der Waals surface area contributed by atoms with Gasteiger partial charge in [0.15, 0.2) is 0 Å². The van der Waals surface area contributed by atoms with E-state index in [1.807, 2.05) is 19.1 Å². The molecular weight excluding hydrogens is 280 g/mol. The molecular formula is C14H21ClN2OS. The van der Waals surface area contributed by atoms with Gasteiger partial charge < -0.3 is 11.1 Å². The summed E-state index contributed by atoms with van der Waals surface area (Å²) in [4.78, 5) is 13.4. The van der Waals surface area contributed by atoms with Crippen LogP contribution in [-0.4, -0.2) is 18.0 Å². The fraction of sp³-hybridized carbons (Fsp3) is 0.643. The molecule has 2 rings (SSSR count). The van der Waals surface area contributed by atoms with E-state index in [2.05, 4.69) is 5.32 Å². The Morgan fingerprint density at radius 3 is 2.68 bits per heavy atom. The van der Waals surface area contributed by atoms with E-state index >= 15 is 0 Å². The highest BCUT2D eigenvalue weighted by atomic mass is 35.5. The number of thiophene rings is 1. The van der Waals surface area contributed by atoms with Crippen LogP contribution in [0.4, 0.5) is 0 Å². The van der Waals surface area contributed by atoms with Crippen LogP contribution < -0.4 is 11.1 Å². The second kappa shape index (κ2) is 6.25. The highest BCUT2D eigenvalue weighted by molar-refractivity contribution is 7.16. The Labute approximate surface area is 123 Å². The number of carbonyl (C=O) groups excluding carboxylic acids is 1. The first kappa shape index (κ1) is 14.8. The zero-order valence-corrected chi connectivity index (χ0v) is 12.8. The Morgan fingerprint density at radius 1 is 1.47 bits per heavy atom. The molecule has 1 amide bonds. The van der Waals surface area contributed by atoms with Crippen LogP contribution in [0, 0.1) is 0 Å². The molecule has 3 N–H and O–H groups in total. The first-order valence-corrected chi connectivity index (χ1v) is 8.03. The largest absolute Gasteiger partial charge is 0.349 e. The lowest BCUT2D eigenvalue weighted by Crippen LogP contribution is -2.55. The van der Waals surface area contributed by atoms with Crippen LogP contribution >= 0.6 is 22.9 Å². The molecule has 0 saturated heterocycles. The summed E-state index contributed by atoms with van der Waals surface area (Å²) in [5, 5.41) is 3.19. The van der Waals surface area contributed by atoms with Gasteiger partial charge in [-0.05, 0) is 31.9 Å². The molecule has 0 radical (unpaired) electrons. The SMILES string of the molecule is C[C@@H](C(=O)NC1(CN)CCCCC1)c1ccc(Cl)s1. The highest BCUT2D eigenvalue weighted by Gasteiger charge is 2.33. The lowest BCUT2D eigenvalue weighted by Gasteiger charge is -2.37. The number of amides is 1. The van der Waals surface area contributed by atoms with Gasteiger partial charge in [0.2, 0.25) is 5.91 Å². The van der Waals surface area contributed by atoms with E-state index in [4.69, 9.17) is 17.3 Å². The van der Waals surface area contributed by atoms with Crippen molar-refractivity contribution in [3.63, 3.8) is 0 Å². The third-order valence-corrected chi connectivity index (χ3v) is 5.42. The third kappa shape index (κ3) is 3.50. The molecule has 1 aromatic rings. The maximum atomic E-state index is 12.4. The first-order chi connectivity index (χ1) is 9.06. The smallest absolute Gasteiger partial charge is 0.228 e. The van der Waals surface area contributed by atoms with E-state index in [0.717, 1.165) is 34.9 Å². The monoisotopic (exact) mass is 300 g/mol. The second-order valence-corrected chi connectivity index (χ2v) is 7.14. The van der Waals surface area contributed by atoms with Gasteiger partial charge in [-0.25, -0.2) is 0 Å². The number of hydrogen-bond acceptors (Lipinski definition) is 3. The first-order valence-electron chi connectivity index (χ1n) is 6.84. The number of halogens is 1. The number of nitrogens with one attached hydrogen (secondary N) is 1. The van der Waals surface area contributed by atoms with E-state index in [1.54, 1.807) is 0 Å². The van der Waals surface area contributed by atoms with Gasteiger partial charge >= 0.3 is 0 Å². The number of hydrogen-bond donors (Lipinski definition) is 2. The molecule has 1 saturated carbocycles. The fourth-order valence-corrected chi connectivity index (χ4v) is 3.78. The molecule has 0 unspecified atom stereocenters. The lowest BCUT2D eigenvalue weighted by molar-refractivity contribution is -0.124. The maximum absolute atomic E-state index is 12.4. The average molecular weight is 301 g/mol. The molecule has 3 nitrogen and oxygen atoms in total. The van der Waals surface area contributed by atoms with Crippen molar-refractivity contribution in [1.82, 2.24) is 5.32 Å². The molecule has 1 atom stereocenters. The van der Waals surface area contributed by atoms with Gasteiger partial charge in [-0.2, -0.15) is 0 Å². The molecule has 1 heterocycles. The summed E-state index contributed by atoms with van der Waals surface area (Å²) in [6, 6.07) is 3.76. The average Bonchev–Trinajstić information content (AvgIpc) is 2.85. The van der Waals surface area contributed by atoms with Crippen molar-refractivity contribution in [3.8, 4) is 0 Å². The lowest BCUT2D eigenvalue weighted by atomic mass is 9.81. The van der Waals surface area contributed by atoms with Crippen molar-refractivity contribution < 1.29 is 4.79 Å². The van der Waals surface area contributed by atoms with E-state index in [9.17, 15) is 4.79 Å². The summed E-state index contributed by atoms with van der Waals surface area (Å²) in [5.74, 6) is -0.103. The zero-order chi connectivity index (χ0) is 13.9. The Balaban J connectivity index is 2.03. The quantitative estimate of drug-likeness (QED) is 0.896. The molecule has 0 aromatic carbocycles. The van der Waals surface area contributed by atoms with E-state index in [0.29, 0.717) is 6.54 Å². The Hall–Kier alpha value is -0.580. The number of carbonyl (C=O) groups is 1. The van der Waals surface area contributed by atoms with Gasteiger partial charge in [0.25, 0.3) is 0 Å². The van der Waals surface area contributed by atoms with Crippen LogP contribution in [0.25, 0.3) is 0 Å². The van der Waals surface area contributed by atoms with Crippen molar-refractivity contribution in [2.45, 2.75) is 50.5 Å². The zero-order valence-electron chi connectivity index (χ0n) is 11.2. The molecule has 1 aliphatic carbocycles. The van der Waals surface area contributed by atoms with Crippen LogP contribution in [0.15, 0.2) is 12.1 Å². The van der Waals surface area contributed by atoms with E-state index in [-0.39, 0.29) is 17.4 Å². The topological polar surface area (TPSA) is 55.1 Å². The molecule has 1 aromatic heterocycles. The van der Waals surface area contributed by atoms with Crippen LogP contribution in [0.1, 0.15) is 49.8 Å². The molecule has 19 heavy (non-hydrogen) atoms. The molecule has 0 bridgehead atoms. The minimum atomic E-state index is -0.190. The predicted octanol–water partition coefficient (Wildman–Crippen LogP) is 3.28. The van der Waals surface area contributed by atoms with Crippen molar-refractivity contribution in [1.29, 1.82) is 0 Å². The predicted molar refractivity (Wildman–Crippen MR) is 80.8 cm³/mol. The van der Waals surface area contributed by atoms with Crippen LogP contribution in [0.5, 0.6) is 0 Å². The molecule has 1 fully saturated rings. The van der Waals surface area contributed by atoms with Crippen molar-refractivity contribution in [2.24, 2.45) is 5.73 Å². The van der Waals surface area contributed by atoms with Crippen molar-refractivity contribution in [2.75, 3.05) is 6.54 Å². The van der Waals surface area contributed by atoms with Gasteiger partial charge in [0, 0.05) is 11.4 Å². The Bertz CT molecular complexity index is 440. The van der Waals surface area contributed by atoms with Crippen molar-refractivity contribution >= 4 is 28.8 Å². The Morgan fingerprint density at radius 2 is 2.16 bits per heavy atom. The summed E-state index contributed by atoms with van der Waals surface area (Å²) in [7, 11) is 0. The standard InChI is InChI=1S/C14H21ClN2OS/c1-10(11-5-6-12(15)19-11)13(18)17-14(9-16)7-3-2-4-8-14/h5-6,10H,2-4,7-9,16H2,1H3,(H,17,18)/t10-/m1/s1. The summed E-state index contributed by atoms with van der Waals surface area (Å²) >= 11 is 7.39. The van der Waals surface area contributed by atoms with Crippen LogP contribution in [0.2, 0.25) is 4.34 Å². The van der Waals surface area contributed by atoms with Gasteiger partial charge in [-0.15, -0.1) is 11.3 Å². The Kier molecular flexibility index (Phi) is 4.87.